The van der Waals surface area contributed by atoms with Gasteiger partial charge in [-0.2, -0.15) is 26.3 Å². The topological polar surface area (TPSA) is 65.5 Å². The lowest BCUT2D eigenvalue weighted by Crippen LogP contribution is -2.55. The number of carbonyl (C=O) groups is 1. The van der Waals surface area contributed by atoms with Crippen LogP contribution in [0, 0.1) is 0 Å². The monoisotopic (exact) mass is 559 g/mol. The van der Waals surface area contributed by atoms with Gasteiger partial charge in [0.1, 0.15) is 0 Å². The number of nitrogens with zero attached hydrogens (tertiary/aromatic N) is 2. The standard InChI is InChI=1S/C29H23F6N3O2/c30-28(31,32)20-8-11-22-23(12-14-36-24(22)16-20)37-21-9-6-19(7-10-21)26(39)38-15-13-27(40,29(33,34)35)17-25(38)18-4-2-1-3-5-18/h1-12,14,16,25,40H,13,15,17H2,(H,36,37). The minimum atomic E-state index is -4.84. The van der Waals surface area contributed by atoms with Crippen molar-refractivity contribution in [2.24, 2.45) is 0 Å². The van der Waals surface area contributed by atoms with Gasteiger partial charge in [-0.3, -0.25) is 9.78 Å². The lowest BCUT2D eigenvalue weighted by atomic mass is 9.82. The zero-order valence-electron chi connectivity index (χ0n) is 20.8. The van der Waals surface area contributed by atoms with Gasteiger partial charge in [0.05, 0.1) is 17.1 Å². The van der Waals surface area contributed by atoms with E-state index in [0.717, 1.165) is 12.1 Å². The molecule has 0 bridgehead atoms. The van der Waals surface area contributed by atoms with Crippen molar-refractivity contribution in [3.63, 3.8) is 0 Å². The van der Waals surface area contributed by atoms with Crippen molar-refractivity contribution in [1.29, 1.82) is 0 Å². The maximum atomic E-state index is 13.6. The van der Waals surface area contributed by atoms with E-state index in [0.29, 0.717) is 22.3 Å². The Morgan fingerprint density at radius 1 is 0.950 bits per heavy atom. The van der Waals surface area contributed by atoms with E-state index in [-0.39, 0.29) is 17.6 Å². The van der Waals surface area contributed by atoms with Gasteiger partial charge in [0.2, 0.25) is 0 Å². The number of alkyl halides is 6. The molecule has 1 aliphatic heterocycles. The molecule has 208 valence electrons. The molecule has 2 atom stereocenters. The van der Waals surface area contributed by atoms with Crippen LogP contribution in [0.4, 0.5) is 37.7 Å². The van der Waals surface area contributed by atoms with Crippen LogP contribution in [-0.2, 0) is 6.18 Å². The van der Waals surface area contributed by atoms with Crippen molar-refractivity contribution >= 4 is 28.2 Å². The number of aromatic nitrogens is 1. The third-order valence-corrected chi connectivity index (χ3v) is 7.13. The highest BCUT2D eigenvalue weighted by molar-refractivity contribution is 5.96. The SMILES string of the molecule is O=C(c1ccc(Nc2ccnc3cc(C(F)(F)F)ccc23)cc1)N1CCC(O)(C(F)(F)F)CC1c1ccccc1. The second-order valence-corrected chi connectivity index (χ2v) is 9.70. The van der Waals surface area contributed by atoms with Crippen molar-refractivity contribution in [2.75, 3.05) is 11.9 Å². The lowest BCUT2D eigenvalue weighted by Gasteiger charge is -2.44. The molecule has 1 saturated heterocycles. The minimum Gasteiger partial charge on any atom is -0.380 e. The fraction of sp³-hybridized carbons (Fsp3) is 0.241. The molecule has 1 aromatic heterocycles. The Bertz CT molecular complexity index is 1520. The summed E-state index contributed by atoms with van der Waals surface area (Å²) in [6.07, 6.45) is -9.28. The van der Waals surface area contributed by atoms with Crippen molar-refractivity contribution in [2.45, 2.75) is 36.8 Å². The van der Waals surface area contributed by atoms with E-state index in [9.17, 15) is 36.2 Å². The van der Waals surface area contributed by atoms with Crippen LogP contribution in [0.25, 0.3) is 10.9 Å². The largest absolute Gasteiger partial charge is 0.417 e. The maximum absolute atomic E-state index is 13.6. The van der Waals surface area contributed by atoms with Gasteiger partial charge in [0.15, 0.2) is 5.60 Å². The molecule has 0 saturated carbocycles. The van der Waals surface area contributed by atoms with E-state index in [1.165, 1.54) is 29.3 Å². The second-order valence-electron chi connectivity index (χ2n) is 9.70. The highest BCUT2D eigenvalue weighted by atomic mass is 19.4. The fourth-order valence-corrected chi connectivity index (χ4v) is 4.92. The predicted octanol–water partition coefficient (Wildman–Crippen LogP) is 7.27. The molecule has 11 heteroatoms. The molecule has 1 aliphatic rings. The third kappa shape index (κ3) is 5.33. The van der Waals surface area contributed by atoms with E-state index >= 15 is 0 Å². The van der Waals surface area contributed by atoms with Crippen LogP contribution < -0.4 is 5.32 Å². The molecule has 0 aliphatic carbocycles. The van der Waals surface area contributed by atoms with Crippen LogP contribution in [-0.4, -0.2) is 39.2 Å². The summed E-state index contributed by atoms with van der Waals surface area (Å²) < 4.78 is 80.2. The Morgan fingerprint density at radius 2 is 1.65 bits per heavy atom. The van der Waals surface area contributed by atoms with Gasteiger partial charge < -0.3 is 15.3 Å². The average molecular weight is 560 g/mol. The summed E-state index contributed by atoms with van der Waals surface area (Å²) in [6.45, 7) is -0.294. The third-order valence-electron chi connectivity index (χ3n) is 7.13. The molecule has 3 aromatic carbocycles. The molecule has 40 heavy (non-hydrogen) atoms. The first kappa shape index (κ1) is 27.4. The van der Waals surface area contributed by atoms with Gasteiger partial charge in [0.25, 0.3) is 5.91 Å². The maximum Gasteiger partial charge on any atom is 0.417 e. The average Bonchev–Trinajstić information content (AvgIpc) is 2.92. The van der Waals surface area contributed by atoms with Gasteiger partial charge in [0, 0.05) is 47.9 Å². The Balaban J connectivity index is 1.38. The summed E-state index contributed by atoms with van der Waals surface area (Å²) in [4.78, 5) is 18.8. The summed E-state index contributed by atoms with van der Waals surface area (Å²) in [5, 5.41) is 14.0. The van der Waals surface area contributed by atoms with Crippen LogP contribution in [0.5, 0.6) is 0 Å². The van der Waals surface area contributed by atoms with Crippen molar-refractivity contribution in [3.05, 3.63) is 102 Å². The molecular weight excluding hydrogens is 536 g/mol. The normalized spacial score (nSPS) is 20.0. The fourth-order valence-electron chi connectivity index (χ4n) is 4.92. The van der Waals surface area contributed by atoms with E-state index in [4.69, 9.17) is 0 Å². The van der Waals surface area contributed by atoms with Crippen LogP contribution in [0.15, 0.2) is 85.1 Å². The Morgan fingerprint density at radius 3 is 2.30 bits per heavy atom. The number of benzene rings is 3. The summed E-state index contributed by atoms with van der Waals surface area (Å²) in [6, 6.07) is 18.4. The lowest BCUT2D eigenvalue weighted by molar-refractivity contribution is -0.276. The number of nitrogens with one attached hydrogen (secondary N) is 1. The second kappa shape index (κ2) is 10.1. The number of anilines is 2. The van der Waals surface area contributed by atoms with Crippen LogP contribution in [0.2, 0.25) is 0 Å². The number of pyridine rings is 1. The minimum absolute atomic E-state index is 0.155. The highest BCUT2D eigenvalue weighted by Gasteiger charge is 2.57. The Hall–Kier alpha value is -4.12. The first-order valence-corrected chi connectivity index (χ1v) is 12.3. The quantitative estimate of drug-likeness (QED) is 0.258. The molecule has 4 aromatic rings. The van der Waals surface area contributed by atoms with Gasteiger partial charge >= 0.3 is 12.4 Å². The van der Waals surface area contributed by atoms with E-state index in [2.05, 4.69) is 10.3 Å². The molecule has 2 heterocycles. The molecular formula is C29H23F6N3O2. The van der Waals surface area contributed by atoms with Crippen LogP contribution in [0.3, 0.4) is 0 Å². The number of aliphatic hydroxyl groups is 1. The number of hydrogen-bond acceptors (Lipinski definition) is 4. The number of hydrogen-bond donors (Lipinski definition) is 2. The van der Waals surface area contributed by atoms with Gasteiger partial charge in [-0.15, -0.1) is 0 Å². The number of rotatable bonds is 4. The molecule has 5 nitrogen and oxygen atoms in total. The smallest absolute Gasteiger partial charge is 0.380 e. The van der Waals surface area contributed by atoms with Crippen LogP contribution in [0.1, 0.15) is 40.4 Å². The Labute approximate surface area is 225 Å². The molecule has 5 rings (SSSR count). The van der Waals surface area contributed by atoms with E-state index in [1.54, 1.807) is 48.5 Å². The van der Waals surface area contributed by atoms with Crippen molar-refractivity contribution < 1.29 is 36.2 Å². The van der Waals surface area contributed by atoms with Crippen molar-refractivity contribution in [1.82, 2.24) is 9.88 Å². The molecule has 1 fully saturated rings. The molecule has 2 unspecified atom stereocenters. The summed E-state index contributed by atoms with van der Waals surface area (Å²) in [5.41, 5.74) is -1.81. The van der Waals surface area contributed by atoms with E-state index in [1.807, 2.05) is 0 Å². The van der Waals surface area contributed by atoms with Crippen molar-refractivity contribution in [3.8, 4) is 0 Å². The van der Waals surface area contributed by atoms with Gasteiger partial charge in [-0.1, -0.05) is 36.4 Å². The summed E-state index contributed by atoms with van der Waals surface area (Å²) >= 11 is 0. The Kier molecular flexibility index (Phi) is 6.95. The highest BCUT2D eigenvalue weighted by Crippen LogP contribution is 2.45. The summed E-state index contributed by atoms with van der Waals surface area (Å²) in [5.74, 6) is -0.487. The zero-order chi connectivity index (χ0) is 28.7. The number of fused-ring (bicyclic) bond motifs is 1. The molecule has 2 N–H and O–H groups in total. The first-order chi connectivity index (χ1) is 18.9. The first-order valence-electron chi connectivity index (χ1n) is 12.3. The van der Waals surface area contributed by atoms with E-state index < -0.39 is 48.3 Å². The summed E-state index contributed by atoms with van der Waals surface area (Å²) in [7, 11) is 0. The predicted molar refractivity (Wildman–Crippen MR) is 137 cm³/mol. The zero-order valence-corrected chi connectivity index (χ0v) is 20.8. The molecule has 1 amide bonds. The number of likely N-dealkylation sites (tertiary alicyclic amines) is 1. The van der Waals surface area contributed by atoms with Gasteiger partial charge in [-0.25, -0.2) is 0 Å². The molecule has 0 spiro atoms. The van der Waals surface area contributed by atoms with Crippen LogP contribution >= 0.6 is 0 Å². The number of piperidine rings is 1. The number of halogens is 6. The van der Waals surface area contributed by atoms with Gasteiger partial charge in [-0.05, 0) is 48.0 Å². The molecule has 0 radical (unpaired) electrons. The number of carbonyl (C=O) groups excluding carboxylic acids is 1. The number of amides is 1.